The van der Waals surface area contributed by atoms with Crippen LogP contribution >= 0.6 is 0 Å². The lowest BCUT2D eigenvalue weighted by molar-refractivity contribution is 0.180. The Morgan fingerprint density at radius 3 is 2.96 bits per heavy atom. The van der Waals surface area contributed by atoms with Crippen molar-refractivity contribution in [3.63, 3.8) is 0 Å². The summed E-state index contributed by atoms with van der Waals surface area (Å²) < 4.78 is 7.43. The Morgan fingerprint density at radius 1 is 1.22 bits per heavy atom. The molecule has 2 aromatic carbocycles. The number of nitrogens with zero attached hydrogens (tertiary/aromatic N) is 5. The number of aliphatic hydroxyl groups is 1. The second-order valence-electron chi connectivity index (χ2n) is 7.18. The molecule has 0 bridgehead atoms. The van der Waals surface area contributed by atoms with Crippen molar-refractivity contribution in [1.82, 2.24) is 25.1 Å². The second kappa shape index (κ2) is 5.99. The molecular weight excluding hydrogens is 342 g/mol. The van der Waals surface area contributed by atoms with E-state index < -0.39 is 6.10 Å². The minimum atomic E-state index is -0.409. The lowest BCUT2D eigenvalue weighted by Crippen LogP contribution is -2.02. The molecule has 1 atom stereocenters. The maximum absolute atomic E-state index is 10.1. The number of rotatable bonds is 3. The molecule has 7 nitrogen and oxygen atoms in total. The maximum atomic E-state index is 10.1. The number of hydrogen-bond donors (Lipinski definition) is 1. The van der Waals surface area contributed by atoms with Crippen LogP contribution < -0.4 is 0 Å². The Kier molecular flexibility index (Phi) is 3.58. The second-order valence-corrected chi connectivity index (χ2v) is 7.18. The van der Waals surface area contributed by atoms with Gasteiger partial charge in [-0.3, -0.25) is 0 Å². The molecule has 0 saturated heterocycles. The first-order chi connectivity index (χ1) is 13.1. The molecule has 2 aromatic heterocycles. The summed E-state index contributed by atoms with van der Waals surface area (Å²) in [6, 6.07) is 12.0. The van der Waals surface area contributed by atoms with Gasteiger partial charge < -0.3 is 9.63 Å². The van der Waals surface area contributed by atoms with Gasteiger partial charge in [0.2, 0.25) is 5.82 Å². The Hall–Kier alpha value is -3.06. The third-order valence-corrected chi connectivity index (χ3v) is 5.11. The van der Waals surface area contributed by atoms with E-state index in [1.807, 2.05) is 41.1 Å². The first-order valence-electron chi connectivity index (χ1n) is 9.11. The fourth-order valence-corrected chi connectivity index (χ4v) is 3.75. The summed E-state index contributed by atoms with van der Waals surface area (Å²) in [5, 5.41) is 22.7. The van der Waals surface area contributed by atoms with Crippen LogP contribution in [0, 0.1) is 0 Å². The molecule has 4 aromatic rings. The van der Waals surface area contributed by atoms with Gasteiger partial charge in [0.1, 0.15) is 5.52 Å². The van der Waals surface area contributed by atoms with Crippen LogP contribution in [-0.4, -0.2) is 30.2 Å². The van der Waals surface area contributed by atoms with Gasteiger partial charge in [0.15, 0.2) is 0 Å². The summed E-state index contributed by atoms with van der Waals surface area (Å²) in [6.07, 6.45) is 1.14. The van der Waals surface area contributed by atoms with Crippen LogP contribution in [0.2, 0.25) is 0 Å². The molecule has 2 heterocycles. The Morgan fingerprint density at radius 2 is 2.11 bits per heavy atom. The topological polar surface area (TPSA) is 89.9 Å². The predicted octanol–water partition coefficient (Wildman–Crippen LogP) is 3.71. The highest BCUT2D eigenvalue weighted by Crippen LogP contribution is 2.37. The zero-order chi connectivity index (χ0) is 18.5. The van der Waals surface area contributed by atoms with Gasteiger partial charge >= 0.3 is 0 Å². The van der Waals surface area contributed by atoms with E-state index in [1.165, 1.54) is 0 Å². The van der Waals surface area contributed by atoms with Gasteiger partial charge in [-0.15, -0.1) is 5.10 Å². The molecule has 0 spiro atoms. The standard InChI is InChI=1S/C20H19N5O2/c1-11(2)25-17-8-6-12(10-16(17)22-24-25)19-21-20(27-23-19)15-5-3-4-14-13(15)7-9-18(14)26/h3-6,8,10-11,18,26H,7,9H2,1-2H3. The lowest BCUT2D eigenvalue weighted by Gasteiger charge is -2.05. The first-order valence-corrected chi connectivity index (χ1v) is 9.11. The fraction of sp³-hybridized carbons (Fsp3) is 0.300. The molecule has 7 heteroatoms. The smallest absolute Gasteiger partial charge is 0.258 e. The van der Waals surface area contributed by atoms with E-state index in [2.05, 4.69) is 34.3 Å². The van der Waals surface area contributed by atoms with E-state index in [4.69, 9.17) is 4.52 Å². The third-order valence-electron chi connectivity index (χ3n) is 5.11. The van der Waals surface area contributed by atoms with Crippen LogP contribution in [0.4, 0.5) is 0 Å². The van der Waals surface area contributed by atoms with E-state index in [9.17, 15) is 5.11 Å². The zero-order valence-corrected chi connectivity index (χ0v) is 15.1. The van der Waals surface area contributed by atoms with Crippen molar-refractivity contribution in [3.8, 4) is 22.8 Å². The molecule has 1 aliphatic rings. The maximum Gasteiger partial charge on any atom is 0.258 e. The molecule has 0 fully saturated rings. The number of aliphatic hydroxyl groups excluding tert-OH is 1. The van der Waals surface area contributed by atoms with Gasteiger partial charge in [-0.25, -0.2) is 4.68 Å². The van der Waals surface area contributed by atoms with Crippen LogP contribution in [0.1, 0.15) is 43.5 Å². The van der Waals surface area contributed by atoms with Crippen molar-refractivity contribution in [3.05, 3.63) is 47.5 Å². The van der Waals surface area contributed by atoms with Gasteiger partial charge in [0, 0.05) is 17.2 Å². The van der Waals surface area contributed by atoms with Gasteiger partial charge in [-0.2, -0.15) is 4.98 Å². The Balaban J connectivity index is 1.54. The van der Waals surface area contributed by atoms with Crippen LogP contribution in [0.15, 0.2) is 40.9 Å². The van der Waals surface area contributed by atoms with Crippen molar-refractivity contribution >= 4 is 11.0 Å². The highest BCUT2D eigenvalue weighted by Gasteiger charge is 2.25. The van der Waals surface area contributed by atoms with E-state index in [1.54, 1.807) is 0 Å². The fourth-order valence-electron chi connectivity index (χ4n) is 3.75. The van der Waals surface area contributed by atoms with Crippen LogP contribution in [0.3, 0.4) is 0 Å². The van der Waals surface area contributed by atoms with Gasteiger partial charge in [-0.1, -0.05) is 22.5 Å². The molecule has 1 N–H and O–H groups in total. The van der Waals surface area contributed by atoms with Gasteiger partial charge in [0.05, 0.1) is 11.6 Å². The number of benzene rings is 2. The average Bonchev–Trinajstić information content (AvgIpc) is 3.39. The zero-order valence-electron chi connectivity index (χ0n) is 15.1. The summed E-state index contributed by atoms with van der Waals surface area (Å²) in [7, 11) is 0. The van der Waals surface area contributed by atoms with E-state index in [0.29, 0.717) is 11.7 Å². The number of hydrogen-bond acceptors (Lipinski definition) is 6. The lowest BCUT2D eigenvalue weighted by atomic mass is 10.0. The van der Waals surface area contributed by atoms with Gasteiger partial charge in [-0.05, 0) is 62.1 Å². The molecule has 27 heavy (non-hydrogen) atoms. The molecule has 0 amide bonds. The average molecular weight is 361 g/mol. The highest BCUT2D eigenvalue weighted by atomic mass is 16.5. The summed E-state index contributed by atoms with van der Waals surface area (Å²) in [5.41, 5.74) is 5.56. The van der Waals surface area contributed by atoms with Crippen molar-refractivity contribution in [2.75, 3.05) is 0 Å². The van der Waals surface area contributed by atoms with Crippen molar-refractivity contribution in [2.24, 2.45) is 0 Å². The first kappa shape index (κ1) is 16.1. The van der Waals surface area contributed by atoms with E-state index in [-0.39, 0.29) is 6.04 Å². The number of aromatic nitrogens is 5. The van der Waals surface area contributed by atoms with Crippen molar-refractivity contribution < 1.29 is 9.63 Å². The van der Waals surface area contributed by atoms with Crippen LogP contribution in [0.5, 0.6) is 0 Å². The Bertz CT molecular complexity index is 1140. The largest absolute Gasteiger partial charge is 0.388 e. The SMILES string of the molecule is CC(C)n1nnc2cc(-c3noc(-c4cccc5c4CCC5O)n3)ccc21. The minimum absolute atomic E-state index is 0.244. The molecule has 1 unspecified atom stereocenters. The summed E-state index contributed by atoms with van der Waals surface area (Å²) in [6.45, 7) is 4.14. The van der Waals surface area contributed by atoms with Crippen LogP contribution in [-0.2, 0) is 6.42 Å². The predicted molar refractivity (Wildman–Crippen MR) is 99.9 cm³/mol. The van der Waals surface area contributed by atoms with Crippen molar-refractivity contribution in [1.29, 1.82) is 0 Å². The van der Waals surface area contributed by atoms with Crippen molar-refractivity contribution in [2.45, 2.75) is 38.8 Å². The van der Waals surface area contributed by atoms with Crippen LogP contribution in [0.25, 0.3) is 33.9 Å². The molecule has 0 radical (unpaired) electrons. The molecular formula is C20H19N5O2. The molecule has 0 saturated carbocycles. The monoisotopic (exact) mass is 361 g/mol. The number of fused-ring (bicyclic) bond motifs is 2. The Labute approximate surface area is 155 Å². The molecule has 1 aliphatic carbocycles. The minimum Gasteiger partial charge on any atom is -0.388 e. The summed E-state index contributed by atoms with van der Waals surface area (Å²) in [5.74, 6) is 0.990. The van der Waals surface area contributed by atoms with E-state index in [0.717, 1.165) is 46.1 Å². The molecule has 0 aliphatic heterocycles. The summed E-state index contributed by atoms with van der Waals surface area (Å²) >= 11 is 0. The third kappa shape index (κ3) is 2.54. The quantitative estimate of drug-likeness (QED) is 0.598. The molecule has 136 valence electrons. The molecule has 5 rings (SSSR count). The highest BCUT2D eigenvalue weighted by molar-refractivity contribution is 5.80. The van der Waals surface area contributed by atoms with Gasteiger partial charge in [0.25, 0.3) is 5.89 Å². The van der Waals surface area contributed by atoms with E-state index >= 15 is 0 Å². The normalized spacial score (nSPS) is 16.4. The summed E-state index contributed by atoms with van der Waals surface area (Å²) in [4.78, 5) is 4.59.